The van der Waals surface area contributed by atoms with Crippen molar-refractivity contribution in [3.8, 4) is 0 Å². The Balaban J connectivity index is 2.41. The lowest BCUT2D eigenvalue weighted by atomic mass is 9.60. The molecule has 1 saturated carbocycles. The lowest BCUT2D eigenvalue weighted by Crippen LogP contribution is -2.47. The van der Waals surface area contributed by atoms with Crippen LogP contribution in [0.3, 0.4) is 0 Å². The fourth-order valence-electron chi connectivity index (χ4n) is 3.61. The van der Waals surface area contributed by atoms with Crippen molar-refractivity contribution >= 4 is 5.97 Å². The number of aliphatic hydroxyl groups is 2. The zero-order valence-corrected chi connectivity index (χ0v) is 11.5. The van der Waals surface area contributed by atoms with Crippen LogP contribution in [0, 0.1) is 17.8 Å². The van der Waals surface area contributed by atoms with Gasteiger partial charge in [0.05, 0.1) is 11.7 Å². The molecule has 0 aliphatic heterocycles. The topological polar surface area (TPSA) is 77.8 Å². The summed E-state index contributed by atoms with van der Waals surface area (Å²) in [6, 6.07) is 0. The van der Waals surface area contributed by atoms with Crippen LogP contribution in [-0.2, 0) is 4.79 Å². The Morgan fingerprint density at radius 1 is 1.47 bits per heavy atom. The Morgan fingerprint density at radius 2 is 2.11 bits per heavy atom. The van der Waals surface area contributed by atoms with Gasteiger partial charge in [0.25, 0.3) is 0 Å². The van der Waals surface area contributed by atoms with Crippen molar-refractivity contribution in [1.82, 2.24) is 0 Å². The Kier molecular flexibility index (Phi) is 3.58. The number of aliphatic carboxylic acids is 1. The van der Waals surface area contributed by atoms with Crippen LogP contribution in [0.2, 0.25) is 0 Å². The zero-order valence-electron chi connectivity index (χ0n) is 11.5. The summed E-state index contributed by atoms with van der Waals surface area (Å²) in [5.74, 6) is -1.31. The van der Waals surface area contributed by atoms with Crippen molar-refractivity contribution in [3.05, 3.63) is 23.8 Å². The largest absolute Gasteiger partial charge is 0.478 e. The first-order valence-corrected chi connectivity index (χ1v) is 6.74. The Hall–Kier alpha value is -1.13. The van der Waals surface area contributed by atoms with Gasteiger partial charge < -0.3 is 15.3 Å². The predicted octanol–water partition coefficient (Wildman–Crippen LogP) is 1.73. The summed E-state index contributed by atoms with van der Waals surface area (Å²) in [6.45, 7) is 7.51. The van der Waals surface area contributed by atoms with Crippen molar-refractivity contribution in [1.29, 1.82) is 0 Å². The van der Waals surface area contributed by atoms with Crippen molar-refractivity contribution in [2.24, 2.45) is 17.8 Å². The van der Waals surface area contributed by atoms with E-state index < -0.39 is 17.7 Å². The molecular formula is C15H22O4. The van der Waals surface area contributed by atoms with Gasteiger partial charge >= 0.3 is 5.97 Å². The summed E-state index contributed by atoms with van der Waals surface area (Å²) in [6.07, 6.45) is 2.74. The number of rotatable bonds is 2. The first-order valence-electron chi connectivity index (χ1n) is 6.74. The molecular weight excluding hydrogens is 244 g/mol. The Labute approximate surface area is 113 Å². The van der Waals surface area contributed by atoms with Gasteiger partial charge in [0, 0.05) is 17.9 Å². The molecule has 4 heteroatoms. The standard InChI is InChI=1S/C15H22O4/c1-8-4-5-11(15(2,3)19)10-6-9(14(17)18)7-12(16)13(8)10/h6,10-13,16,19H,1,4-5,7H2,2-3H3,(H,17,18). The maximum atomic E-state index is 11.1. The van der Waals surface area contributed by atoms with Crippen LogP contribution in [0.1, 0.15) is 33.1 Å². The third kappa shape index (κ3) is 2.60. The van der Waals surface area contributed by atoms with Crippen LogP contribution in [-0.4, -0.2) is 33.0 Å². The van der Waals surface area contributed by atoms with Gasteiger partial charge in [-0.25, -0.2) is 4.79 Å². The second-order valence-corrected chi connectivity index (χ2v) is 6.33. The Morgan fingerprint density at radius 3 is 2.63 bits per heavy atom. The summed E-state index contributed by atoms with van der Waals surface area (Å²) in [5, 5.41) is 29.7. The van der Waals surface area contributed by atoms with Crippen molar-refractivity contribution in [2.75, 3.05) is 0 Å². The van der Waals surface area contributed by atoms with Crippen LogP contribution in [0.4, 0.5) is 0 Å². The van der Waals surface area contributed by atoms with E-state index in [0.717, 1.165) is 18.4 Å². The molecule has 0 bridgehead atoms. The third-order valence-corrected chi connectivity index (χ3v) is 4.55. The second-order valence-electron chi connectivity index (χ2n) is 6.33. The average molecular weight is 266 g/mol. The van der Waals surface area contributed by atoms with Gasteiger partial charge in [-0.2, -0.15) is 0 Å². The molecule has 0 spiro atoms. The number of allylic oxidation sites excluding steroid dienone is 1. The number of fused-ring (bicyclic) bond motifs is 1. The van der Waals surface area contributed by atoms with Crippen LogP contribution in [0.25, 0.3) is 0 Å². The quantitative estimate of drug-likeness (QED) is 0.665. The van der Waals surface area contributed by atoms with Crippen molar-refractivity contribution in [2.45, 2.75) is 44.8 Å². The second kappa shape index (κ2) is 4.76. The number of hydrogen-bond acceptors (Lipinski definition) is 3. The van der Waals surface area contributed by atoms with E-state index in [9.17, 15) is 15.0 Å². The third-order valence-electron chi connectivity index (χ3n) is 4.55. The van der Waals surface area contributed by atoms with Gasteiger partial charge in [0.15, 0.2) is 0 Å². The molecule has 2 aliphatic rings. The highest BCUT2D eigenvalue weighted by Gasteiger charge is 2.46. The highest BCUT2D eigenvalue weighted by molar-refractivity contribution is 5.87. The zero-order chi connectivity index (χ0) is 14.4. The molecule has 0 radical (unpaired) electrons. The minimum Gasteiger partial charge on any atom is -0.478 e. The van der Waals surface area contributed by atoms with Crippen molar-refractivity contribution < 1.29 is 20.1 Å². The molecule has 0 saturated heterocycles. The van der Waals surface area contributed by atoms with Gasteiger partial charge in [-0.1, -0.05) is 18.2 Å². The van der Waals surface area contributed by atoms with E-state index in [1.165, 1.54) is 0 Å². The van der Waals surface area contributed by atoms with E-state index in [-0.39, 0.29) is 29.7 Å². The molecule has 0 amide bonds. The molecule has 19 heavy (non-hydrogen) atoms. The molecule has 1 fully saturated rings. The fourth-order valence-corrected chi connectivity index (χ4v) is 3.61. The molecule has 0 aromatic carbocycles. The first-order chi connectivity index (χ1) is 8.71. The molecule has 2 rings (SSSR count). The fraction of sp³-hybridized carbons (Fsp3) is 0.667. The molecule has 4 nitrogen and oxygen atoms in total. The highest BCUT2D eigenvalue weighted by Crippen LogP contribution is 2.48. The monoisotopic (exact) mass is 266 g/mol. The minimum atomic E-state index is -0.983. The molecule has 2 aliphatic carbocycles. The maximum absolute atomic E-state index is 11.1. The molecule has 0 aromatic heterocycles. The van der Waals surface area contributed by atoms with Crippen LogP contribution < -0.4 is 0 Å². The molecule has 0 aromatic rings. The van der Waals surface area contributed by atoms with E-state index in [2.05, 4.69) is 6.58 Å². The molecule has 0 heterocycles. The first kappa shape index (κ1) is 14.3. The van der Waals surface area contributed by atoms with Crippen LogP contribution >= 0.6 is 0 Å². The smallest absolute Gasteiger partial charge is 0.331 e. The Bertz CT molecular complexity index is 430. The highest BCUT2D eigenvalue weighted by atomic mass is 16.4. The molecule has 3 N–H and O–H groups in total. The van der Waals surface area contributed by atoms with E-state index in [4.69, 9.17) is 5.11 Å². The summed E-state index contributed by atoms with van der Waals surface area (Å²) in [4.78, 5) is 11.1. The number of hydrogen-bond donors (Lipinski definition) is 3. The lowest BCUT2D eigenvalue weighted by Gasteiger charge is -2.47. The molecule has 4 atom stereocenters. The number of aliphatic hydroxyl groups excluding tert-OH is 1. The van der Waals surface area contributed by atoms with E-state index in [1.807, 2.05) is 0 Å². The molecule has 4 unspecified atom stereocenters. The van der Waals surface area contributed by atoms with Gasteiger partial charge in [-0.05, 0) is 38.5 Å². The van der Waals surface area contributed by atoms with Crippen LogP contribution in [0.5, 0.6) is 0 Å². The SMILES string of the molecule is C=C1CCC(C(C)(C)O)C2C=C(C(=O)O)CC(O)C12. The van der Waals surface area contributed by atoms with Gasteiger partial charge in [0.2, 0.25) is 0 Å². The number of carbonyl (C=O) groups is 1. The normalized spacial score (nSPS) is 35.6. The van der Waals surface area contributed by atoms with Crippen molar-refractivity contribution in [3.63, 3.8) is 0 Å². The molecule has 106 valence electrons. The summed E-state index contributed by atoms with van der Waals surface area (Å²) >= 11 is 0. The van der Waals surface area contributed by atoms with E-state index in [1.54, 1.807) is 19.9 Å². The van der Waals surface area contributed by atoms with E-state index in [0.29, 0.717) is 0 Å². The summed E-state index contributed by atoms with van der Waals surface area (Å²) in [5.41, 5.74) is 0.331. The van der Waals surface area contributed by atoms with E-state index >= 15 is 0 Å². The van der Waals surface area contributed by atoms with Gasteiger partial charge in [-0.3, -0.25) is 0 Å². The maximum Gasteiger partial charge on any atom is 0.331 e. The minimum absolute atomic E-state index is 0.0488. The summed E-state index contributed by atoms with van der Waals surface area (Å²) < 4.78 is 0. The lowest BCUT2D eigenvalue weighted by molar-refractivity contribution is -0.133. The van der Waals surface area contributed by atoms with Crippen LogP contribution in [0.15, 0.2) is 23.8 Å². The predicted molar refractivity (Wildman–Crippen MR) is 71.5 cm³/mol. The average Bonchev–Trinajstić information content (AvgIpc) is 2.26. The number of carboxylic acids is 1. The summed E-state index contributed by atoms with van der Waals surface area (Å²) in [7, 11) is 0. The number of carboxylic acid groups (broad SMARTS) is 1. The van der Waals surface area contributed by atoms with Gasteiger partial charge in [0.1, 0.15) is 0 Å². The van der Waals surface area contributed by atoms with Gasteiger partial charge in [-0.15, -0.1) is 0 Å².